The zero-order valence-corrected chi connectivity index (χ0v) is 13.8. The maximum absolute atomic E-state index is 12.5. The van der Waals surface area contributed by atoms with Gasteiger partial charge in [0.05, 0.1) is 13.2 Å². The second-order valence-corrected chi connectivity index (χ2v) is 8.00. The average Bonchev–Trinajstić information content (AvgIpc) is 2.56. The first kappa shape index (κ1) is 15.7. The number of hydrogen-bond donors (Lipinski definition) is 0. The molecule has 0 bridgehead atoms. The summed E-state index contributed by atoms with van der Waals surface area (Å²) in [6.45, 7) is 5.95. The SMILES string of the molecule is C[C@H]1CCCN(c2ccc(S(=O)(=O)N3CCOCC3)cn2)C1. The molecule has 3 heterocycles. The largest absolute Gasteiger partial charge is 0.379 e. The Kier molecular flexibility index (Phi) is 4.65. The summed E-state index contributed by atoms with van der Waals surface area (Å²) in [6.07, 6.45) is 3.90. The van der Waals surface area contributed by atoms with Gasteiger partial charge in [-0.15, -0.1) is 0 Å². The first-order valence-corrected chi connectivity index (χ1v) is 9.30. The number of hydrogen-bond acceptors (Lipinski definition) is 5. The van der Waals surface area contributed by atoms with Crippen molar-refractivity contribution in [1.82, 2.24) is 9.29 Å². The Labute approximate surface area is 132 Å². The summed E-state index contributed by atoms with van der Waals surface area (Å²) in [7, 11) is -3.45. The van der Waals surface area contributed by atoms with E-state index in [0.29, 0.717) is 32.2 Å². The Bertz CT molecular complexity index is 597. The van der Waals surface area contributed by atoms with Crippen LogP contribution in [0.25, 0.3) is 0 Å². The lowest BCUT2D eigenvalue weighted by atomic mass is 10.0. The van der Waals surface area contributed by atoms with Crippen LogP contribution in [0.2, 0.25) is 0 Å². The van der Waals surface area contributed by atoms with E-state index >= 15 is 0 Å². The van der Waals surface area contributed by atoms with Crippen molar-refractivity contribution < 1.29 is 13.2 Å². The van der Waals surface area contributed by atoms with Gasteiger partial charge in [-0.05, 0) is 30.9 Å². The lowest BCUT2D eigenvalue weighted by Gasteiger charge is -2.32. The number of anilines is 1. The molecule has 7 heteroatoms. The van der Waals surface area contributed by atoms with Crippen LogP contribution in [0, 0.1) is 5.92 Å². The van der Waals surface area contributed by atoms with Crippen LogP contribution < -0.4 is 4.90 Å². The van der Waals surface area contributed by atoms with Crippen LogP contribution in [0.1, 0.15) is 19.8 Å². The maximum Gasteiger partial charge on any atom is 0.244 e. The van der Waals surface area contributed by atoms with Crippen LogP contribution in [-0.4, -0.2) is 57.1 Å². The van der Waals surface area contributed by atoms with E-state index in [1.165, 1.54) is 16.9 Å². The number of ether oxygens (including phenoxy) is 1. The summed E-state index contributed by atoms with van der Waals surface area (Å²) in [5.41, 5.74) is 0. The lowest BCUT2D eigenvalue weighted by molar-refractivity contribution is 0.0730. The fraction of sp³-hybridized carbons (Fsp3) is 0.667. The molecule has 122 valence electrons. The quantitative estimate of drug-likeness (QED) is 0.839. The maximum atomic E-state index is 12.5. The first-order chi connectivity index (χ1) is 10.6. The van der Waals surface area contributed by atoms with Gasteiger partial charge in [-0.25, -0.2) is 13.4 Å². The second-order valence-electron chi connectivity index (χ2n) is 6.06. The summed E-state index contributed by atoms with van der Waals surface area (Å²) in [5, 5.41) is 0. The van der Waals surface area contributed by atoms with E-state index in [1.54, 1.807) is 6.07 Å². The van der Waals surface area contributed by atoms with Crippen molar-refractivity contribution in [3.63, 3.8) is 0 Å². The average molecular weight is 325 g/mol. The highest BCUT2D eigenvalue weighted by Gasteiger charge is 2.27. The molecule has 1 aromatic rings. The minimum absolute atomic E-state index is 0.267. The van der Waals surface area contributed by atoms with Gasteiger partial charge in [0, 0.05) is 32.4 Å². The number of rotatable bonds is 3. The molecule has 2 saturated heterocycles. The van der Waals surface area contributed by atoms with Crippen molar-refractivity contribution in [3.05, 3.63) is 18.3 Å². The minimum atomic E-state index is -3.45. The zero-order chi connectivity index (χ0) is 15.6. The Morgan fingerprint density at radius 2 is 2.00 bits per heavy atom. The molecule has 3 rings (SSSR count). The van der Waals surface area contributed by atoms with Gasteiger partial charge < -0.3 is 9.64 Å². The fourth-order valence-corrected chi connectivity index (χ4v) is 4.40. The molecule has 2 aliphatic rings. The Morgan fingerprint density at radius 3 is 2.64 bits per heavy atom. The third kappa shape index (κ3) is 3.26. The molecule has 0 spiro atoms. The lowest BCUT2D eigenvalue weighted by Crippen LogP contribution is -2.40. The van der Waals surface area contributed by atoms with Crippen LogP contribution in [-0.2, 0) is 14.8 Å². The molecule has 0 unspecified atom stereocenters. The van der Waals surface area contributed by atoms with Crippen molar-refractivity contribution in [2.75, 3.05) is 44.3 Å². The number of morpholine rings is 1. The van der Waals surface area contributed by atoms with Gasteiger partial charge in [-0.1, -0.05) is 6.92 Å². The van der Waals surface area contributed by atoms with Crippen molar-refractivity contribution in [3.8, 4) is 0 Å². The highest BCUT2D eigenvalue weighted by Crippen LogP contribution is 2.23. The number of aromatic nitrogens is 1. The van der Waals surface area contributed by atoms with E-state index in [9.17, 15) is 8.42 Å². The molecule has 1 atom stereocenters. The Morgan fingerprint density at radius 1 is 1.23 bits per heavy atom. The van der Waals surface area contributed by atoms with E-state index in [4.69, 9.17) is 4.74 Å². The van der Waals surface area contributed by atoms with E-state index in [1.807, 2.05) is 6.07 Å². The minimum Gasteiger partial charge on any atom is -0.379 e. The third-order valence-corrected chi connectivity index (χ3v) is 6.19. The molecule has 0 aliphatic carbocycles. The monoisotopic (exact) mass is 325 g/mol. The molecule has 0 N–H and O–H groups in total. The topological polar surface area (TPSA) is 62.7 Å². The van der Waals surface area contributed by atoms with E-state index in [2.05, 4.69) is 16.8 Å². The molecule has 0 saturated carbocycles. The predicted molar refractivity (Wildman–Crippen MR) is 84.4 cm³/mol. The molecule has 2 fully saturated rings. The van der Waals surface area contributed by atoms with E-state index in [-0.39, 0.29) is 4.90 Å². The highest BCUT2D eigenvalue weighted by atomic mass is 32.2. The molecular formula is C15H23N3O3S. The summed E-state index contributed by atoms with van der Waals surface area (Å²) >= 11 is 0. The van der Waals surface area contributed by atoms with Gasteiger partial charge in [0.1, 0.15) is 10.7 Å². The number of piperidine rings is 1. The fourth-order valence-electron chi connectivity index (χ4n) is 3.05. The van der Waals surface area contributed by atoms with Gasteiger partial charge in [-0.2, -0.15) is 4.31 Å². The molecule has 0 aromatic carbocycles. The number of nitrogens with zero attached hydrogens (tertiary/aromatic N) is 3. The van der Waals surface area contributed by atoms with Crippen molar-refractivity contribution in [1.29, 1.82) is 0 Å². The smallest absolute Gasteiger partial charge is 0.244 e. The molecule has 1 aromatic heterocycles. The van der Waals surface area contributed by atoms with Gasteiger partial charge in [0.25, 0.3) is 0 Å². The predicted octanol–water partition coefficient (Wildman–Crippen LogP) is 1.34. The summed E-state index contributed by atoms with van der Waals surface area (Å²) in [5.74, 6) is 1.53. The molecular weight excluding hydrogens is 302 g/mol. The summed E-state index contributed by atoms with van der Waals surface area (Å²) < 4.78 is 31.8. The normalized spacial score (nSPS) is 24.4. The molecule has 0 radical (unpaired) electrons. The van der Waals surface area contributed by atoms with Crippen molar-refractivity contribution in [2.24, 2.45) is 5.92 Å². The van der Waals surface area contributed by atoms with E-state index in [0.717, 1.165) is 25.3 Å². The molecule has 0 amide bonds. The van der Waals surface area contributed by atoms with Gasteiger partial charge in [-0.3, -0.25) is 0 Å². The van der Waals surface area contributed by atoms with Crippen molar-refractivity contribution in [2.45, 2.75) is 24.7 Å². The van der Waals surface area contributed by atoms with Gasteiger partial charge in [0.15, 0.2) is 0 Å². The molecule has 2 aliphatic heterocycles. The van der Waals surface area contributed by atoms with E-state index < -0.39 is 10.0 Å². The molecule has 22 heavy (non-hydrogen) atoms. The van der Waals surface area contributed by atoms with Crippen LogP contribution in [0.5, 0.6) is 0 Å². The highest BCUT2D eigenvalue weighted by molar-refractivity contribution is 7.89. The summed E-state index contributed by atoms with van der Waals surface area (Å²) in [4.78, 5) is 6.89. The number of pyridine rings is 1. The molecule has 6 nitrogen and oxygen atoms in total. The van der Waals surface area contributed by atoms with Crippen LogP contribution in [0.3, 0.4) is 0 Å². The van der Waals surface area contributed by atoms with Gasteiger partial charge in [0.2, 0.25) is 10.0 Å². The Balaban J connectivity index is 1.75. The number of sulfonamides is 1. The van der Waals surface area contributed by atoms with Crippen LogP contribution >= 0.6 is 0 Å². The second kappa shape index (κ2) is 6.52. The van der Waals surface area contributed by atoms with Crippen molar-refractivity contribution >= 4 is 15.8 Å². The zero-order valence-electron chi connectivity index (χ0n) is 12.9. The summed E-state index contributed by atoms with van der Waals surface area (Å²) in [6, 6.07) is 3.50. The van der Waals surface area contributed by atoms with Crippen LogP contribution in [0.4, 0.5) is 5.82 Å². The van der Waals surface area contributed by atoms with Crippen LogP contribution in [0.15, 0.2) is 23.2 Å². The first-order valence-electron chi connectivity index (χ1n) is 7.86. The third-order valence-electron chi connectivity index (χ3n) is 4.31. The Hall–Kier alpha value is -1.18. The van der Waals surface area contributed by atoms with Gasteiger partial charge >= 0.3 is 0 Å². The standard InChI is InChI=1S/C15H23N3O3S/c1-13-3-2-6-17(12-13)15-5-4-14(11-16-15)22(19,20)18-7-9-21-10-8-18/h4-5,11,13H,2-3,6-10,12H2,1H3/t13-/m0/s1.